The van der Waals surface area contributed by atoms with E-state index in [1.807, 2.05) is 0 Å². The van der Waals surface area contributed by atoms with Crippen LogP contribution in [0.15, 0.2) is 9.03 Å². The second-order valence-corrected chi connectivity index (χ2v) is 18.1. The zero-order valence-corrected chi connectivity index (χ0v) is 13.3. The van der Waals surface area contributed by atoms with Gasteiger partial charge in [0.1, 0.15) is 0 Å². The fourth-order valence-corrected chi connectivity index (χ4v) is 13.8. The molecule has 0 aromatic carbocycles. The van der Waals surface area contributed by atoms with Gasteiger partial charge in [0.05, 0.1) is 0 Å². The van der Waals surface area contributed by atoms with Crippen LogP contribution in [0, 0.1) is 0 Å². The molecule has 0 rings (SSSR count). The van der Waals surface area contributed by atoms with E-state index in [-0.39, 0.29) is 0 Å². The number of nitrogens with zero attached hydrogens (tertiary/aromatic N) is 2. The number of hydrogen-bond acceptors (Lipinski definition) is 1. The predicted molar refractivity (Wildman–Crippen MR) is 67.3 cm³/mol. The highest BCUT2D eigenvalue weighted by Crippen LogP contribution is 2.80. The van der Waals surface area contributed by atoms with Crippen molar-refractivity contribution in [1.82, 2.24) is 0 Å². The van der Waals surface area contributed by atoms with Gasteiger partial charge < -0.3 is 0 Å². The van der Waals surface area contributed by atoms with Crippen molar-refractivity contribution >= 4 is 95.7 Å². The third-order valence-electron chi connectivity index (χ3n) is 0.421. The molecular weight excluding hydrogens is 385 g/mol. The Kier molecular flexibility index (Phi) is 6.49. The first kappa shape index (κ1) is 15.7. The van der Waals surface area contributed by atoms with Crippen LogP contribution in [0.25, 0.3) is 0 Å². The van der Waals surface area contributed by atoms with Crippen LogP contribution < -0.4 is 0 Å². The second-order valence-electron chi connectivity index (χ2n) is 1.49. The Balaban J connectivity index is 5.25. The standard InChI is InChI=1S/Cl7N2OP3/c1-11(2,3)8-12(4,5)9-13(6,7)10. The zero-order chi connectivity index (χ0) is 10.9. The van der Waals surface area contributed by atoms with Gasteiger partial charge in [-0.25, -0.2) is 0 Å². The third kappa shape index (κ3) is 11.0. The van der Waals surface area contributed by atoms with Crippen molar-refractivity contribution < 1.29 is 4.57 Å². The van der Waals surface area contributed by atoms with Gasteiger partial charge in [-0.1, -0.05) is 0 Å². The molecule has 80 valence electrons. The van der Waals surface area contributed by atoms with E-state index in [9.17, 15) is 4.57 Å². The van der Waals surface area contributed by atoms with Crippen molar-refractivity contribution in [1.29, 1.82) is 0 Å². The summed E-state index contributed by atoms with van der Waals surface area (Å²) < 4.78 is 17.3. The Morgan fingerprint density at radius 3 is 1.38 bits per heavy atom. The fraction of sp³-hybridized carbons (Fsp3) is 0. The van der Waals surface area contributed by atoms with E-state index in [0.29, 0.717) is 0 Å². The molecule has 0 aliphatic carbocycles. The molecule has 0 radical (unpaired) electrons. The molecular formula is Cl7N2OP3. The van der Waals surface area contributed by atoms with Crippen LogP contribution in [0.2, 0.25) is 0 Å². The van der Waals surface area contributed by atoms with Gasteiger partial charge in [0.25, 0.3) is 5.91 Å². The van der Waals surface area contributed by atoms with Crippen LogP contribution in [0.1, 0.15) is 0 Å². The molecule has 0 unspecified atom stereocenters. The van der Waals surface area contributed by atoms with Gasteiger partial charge >= 0.3 is 6.00 Å². The molecule has 0 N–H and O–H groups in total. The van der Waals surface area contributed by atoms with Gasteiger partial charge in [-0.15, -0.1) is 0 Å². The first-order chi connectivity index (χ1) is 5.41. The Morgan fingerprint density at radius 1 is 0.769 bits per heavy atom. The van der Waals surface area contributed by atoms with Gasteiger partial charge in [0.2, 0.25) is 5.11 Å². The van der Waals surface area contributed by atoms with Crippen molar-refractivity contribution in [3.05, 3.63) is 0 Å². The first-order valence-corrected chi connectivity index (χ1v) is 13.6. The average molecular weight is 385 g/mol. The molecule has 0 heterocycles. The number of hydrogen-bond donors (Lipinski definition) is 0. The van der Waals surface area contributed by atoms with Crippen molar-refractivity contribution in [2.24, 2.45) is 9.03 Å². The van der Waals surface area contributed by atoms with Gasteiger partial charge in [-0.05, 0) is 78.7 Å². The maximum atomic E-state index is 10.8. The molecule has 0 aromatic rings. The molecule has 3 nitrogen and oxygen atoms in total. The lowest BCUT2D eigenvalue weighted by Gasteiger charge is -2.05. The normalized spacial score (nSPS) is 14.1. The summed E-state index contributed by atoms with van der Waals surface area (Å²) in [5.74, 6) is -7.13. The van der Waals surface area contributed by atoms with Crippen molar-refractivity contribution in [3.8, 4) is 0 Å². The summed E-state index contributed by atoms with van der Waals surface area (Å²) in [4.78, 5) is 0. The summed E-state index contributed by atoms with van der Waals surface area (Å²) in [6.07, 6.45) is 0. The molecule has 0 aliphatic heterocycles. The van der Waals surface area contributed by atoms with Crippen LogP contribution in [0.5, 0.6) is 0 Å². The van der Waals surface area contributed by atoms with E-state index < -0.39 is 17.0 Å². The first-order valence-electron chi connectivity index (χ1n) is 2.17. The van der Waals surface area contributed by atoms with Crippen LogP contribution in [0.4, 0.5) is 0 Å². The minimum Gasteiger partial charge on any atom is -0.262 e. The smallest absolute Gasteiger partial charge is 0.262 e. The Hall–Kier alpha value is 2.72. The molecule has 0 spiro atoms. The van der Waals surface area contributed by atoms with Gasteiger partial charge in [-0.2, -0.15) is 9.03 Å². The lowest BCUT2D eigenvalue weighted by Crippen LogP contribution is -1.51. The van der Waals surface area contributed by atoms with Crippen LogP contribution in [-0.2, 0) is 4.57 Å². The van der Waals surface area contributed by atoms with Gasteiger partial charge in [0.15, 0.2) is 0 Å². The Labute approximate surface area is 108 Å². The summed E-state index contributed by atoms with van der Waals surface area (Å²) in [6.45, 7) is 0. The van der Waals surface area contributed by atoms with E-state index in [2.05, 4.69) is 9.03 Å². The van der Waals surface area contributed by atoms with E-state index in [0.717, 1.165) is 0 Å². The van der Waals surface area contributed by atoms with Crippen LogP contribution in [-0.4, -0.2) is 0 Å². The lowest BCUT2D eigenvalue weighted by molar-refractivity contribution is 0.594. The molecule has 0 atom stereocenters. The maximum Gasteiger partial charge on any atom is 0.366 e. The molecule has 0 amide bonds. The summed E-state index contributed by atoms with van der Waals surface area (Å²) in [5, 5.41) is -3.13. The summed E-state index contributed by atoms with van der Waals surface area (Å²) >= 11 is 37.2. The fourth-order valence-electron chi connectivity index (χ4n) is 0.265. The lowest BCUT2D eigenvalue weighted by atomic mass is 13.9. The number of rotatable bonds is 2. The van der Waals surface area contributed by atoms with Crippen molar-refractivity contribution in [3.63, 3.8) is 0 Å². The molecule has 0 fully saturated rings. The minimum atomic E-state index is -3.77. The van der Waals surface area contributed by atoms with Crippen molar-refractivity contribution in [2.75, 3.05) is 0 Å². The van der Waals surface area contributed by atoms with E-state index in [1.165, 1.54) is 0 Å². The average Bonchev–Trinajstić information content (AvgIpc) is 1.43. The highest BCUT2D eigenvalue weighted by molar-refractivity contribution is 8.30. The predicted octanol–water partition coefficient (Wildman–Crippen LogP) is 7.66. The van der Waals surface area contributed by atoms with Crippen LogP contribution >= 0.6 is 95.7 Å². The molecule has 0 aromatic heterocycles. The van der Waals surface area contributed by atoms with E-state index in [1.54, 1.807) is 0 Å². The molecule has 0 saturated carbocycles. The van der Waals surface area contributed by atoms with Gasteiger partial charge in [-0.3, -0.25) is 4.57 Å². The summed E-state index contributed by atoms with van der Waals surface area (Å²) in [7, 11) is 0. The van der Waals surface area contributed by atoms with E-state index >= 15 is 0 Å². The quantitative estimate of drug-likeness (QED) is 0.450. The van der Waals surface area contributed by atoms with Crippen molar-refractivity contribution in [2.45, 2.75) is 0 Å². The molecule has 0 bridgehead atoms. The van der Waals surface area contributed by atoms with E-state index in [4.69, 9.17) is 78.7 Å². The topological polar surface area (TPSA) is 41.8 Å². The summed E-state index contributed by atoms with van der Waals surface area (Å²) in [6, 6.07) is 0. The van der Waals surface area contributed by atoms with Gasteiger partial charge in [0, 0.05) is 0 Å². The number of halogens is 7. The second kappa shape index (κ2) is 5.37. The maximum absolute atomic E-state index is 10.8. The molecule has 13 heteroatoms. The third-order valence-corrected chi connectivity index (χ3v) is 9.26. The minimum absolute atomic E-state index is 3.13. The summed E-state index contributed by atoms with van der Waals surface area (Å²) in [5.41, 5.74) is 0. The highest BCUT2D eigenvalue weighted by Gasteiger charge is 2.23. The largest absolute Gasteiger partial charge is 0.366 e. The Morgan fingerprint density at radius 2 is 1.15 bits per heavy atom. The van der Waals surface area contributed by atoms with Crippen LogP contribution in [0.3, 0.4) is 0 Å². The zero-order valence-electron chi connectivity index (χ0n) is 5.29. The molecule has 0 aliphatic rings. The monoisotopic (exact) mass is 382 g/mol. The molecule has 13 heavy (non-hydrogen) atoms. The molecule has 0 saturated heterocycles. The Bertz CT molecular complexity index is 319. The SMILES string of the molecule is O=P(Cl)(Cl)N=P(Cl)(Cl)N=P(Cl)(Cl)Cl. The highest BCUT2D eigenvalue weighted by atomic mass is 36.0.